The SMILES string of the molecule is Cc1cc2c(NCc3ccccc3)nc(N3CCC(C(=O)O)CC3)nc2s1. The maximum absolute atomic E-state index is 11.2. The fraction of sp³-hybridized carbons (Fsp3) is 0.350. The Morgan fingerprint density at radius 2 is 2.00 bits per heavy atom. The maximum atomic E-state index is 11.2. The van der Waals surface area contributed by atoms with E-state index in [-0.39, 0.29) is 5.92 Å². The molecule has 0 amide bonds. The summed E-state index contributed by atoms with van der Waals surface area (Å²) in [5.41, 5.74) is 1.19. The molecule has 1 aromatic carbocycles. The number of thiophene rings is 1. The Balaban J connectivity index is 1.59. The number of nitrogens with zero attached hydrogens (tertiary/aromatic N) is 3. The average Bonchev–Trinajstić information content (AvgIpc) is 3.07. The molecule has 0 atom stereocenters. The van der Waals surface area contributed by atoms with Gasteiger partial charge >= 0.3 is 5.97 Å². The number of aromatic nitrogens is 2. The monoisotopic (exact) mass is 382 g/mol. The molecule has 0 radical (unpaired) electrons. The zero-order valence-electron chi connectivity index (χ0n) is 15.2. The summed E-state index contributed by atoms with van der Waals surface area (Å²) >= 11 is 1.66. The van der Waals surface area contributed by atoms with Gasteiger partial charge in [0.05, 0.1) is 11.3 Å². The van der Waals surface area contributed by atoms with Crippen LogP contribution in [0.25, 0.3) is 10.2 Å². The molecule has 6 nitrogen and oxygen atoms in total. The topological polar surface area (TPSA) is 78.4 Å². The molecule has 3 heterocycles. The molecule has 1 aliphatic rings. The lowest BCUT2D eigenvalue weighted by Crippen LogP contribution is -2.37. The van der Waals surface area contributed by atoms with E-state index < -0.39 is 5.97 Å². The number of carbonyl (C=O) groups is 1. The predicted molar refractivity (Wildman–Crippen MR) is 108 cm³/mol. The van der Waals surface area contributed by atoms with Crippen molar-refractivity contribution in [3.8, 4) is 0 Å². The third kappa shape index (κ3) is 3.88. The number of benzene rings is 1. The standard InChI is InChI=1S/C20H22N4O2S/c1-13-11-16-17(21-12-14-5-3-2-4-6-14)22-20(23-18(16)27-13)24-9-7-15(8-10-24)19(25)26/h2-6,11,15H,7-10,12H2,1H3,(H,25,26)(H,21,22,23). The summed E-state index contributed by atoms with van der Waals surface area (Å²) in [6, 6.07) is 12.4. The summed E-state index contributed by atoms with van der Waals surface area (Å²) in [6.07, 6.45) is 1.26. The van der Waals surface area contributed by atoms with Crippen LogP contribution in [0.2, 0.25) is 0 Å². The molecule has 0 aliphatic carbocycles. The van der Waals surface area contributed by atoms with E-state index in [0.29, 0.717) is 38.4 Å². The first-order valence-corrected chi connectivity index (χ1v) is 9.95. The van der Waals surface area contributed by atoms with Crippen molar-refractivity contribution in [2.24, 2.45) is 5.92 Å². The van der Waals surface area contributed by atoms with Gasteiger partial charge in [-0.15, -0.1) is 11.3 Å². The van der Waals surface area contributed by atoms with E-state index in [2.05, 4.69) is 35.3 Å². The van der Waals surface area contributed by atoms with Gasteiger partial charge in [0.15, 0.2) is 0 Å². The van der Waals surface area contributed by atoms with E-state index in [1.54, 1.807) is 11.3 Å². The van der Waals surface area contributed by atoms with Gasteiger partial charge in [0.1, 0.15) is 10.6 Å². The van der Waals surface area contributed by atoms with Gasteiger partial charge in [0.25, 0.3) is 0 Å². The van der Waals surface area contributed by atoms with Gasteiger partial charge in [-0.1, -0.05) is 30.3 Å². The zero-order chi connectivity index (χ0) is 18.8. The highest BCUT2D eigenvalue weighted by atomic mass is 32.1. The fourth-order valence-corrected chi connectivity index (χ4v) is 4.29. The van der Waals surface area contributed by atoms with Crippen LogP contribution in [0.3, 0.4) is 0 Å². The van der Waals surface area contributed by atoms with Crippen LogP contribution in [-0.4, -0.2) is 34.1 Å². The van der Waals surface area contributed by atoms with Crippen LogP contribution in [0.5, 0.6) is 0 Å². The molecule has 1 saturated heterocycles. The average molecular weight is 382 g/mol. The zero-order valence-corrected chi connectivity index (χ0v) is 16.0. The Morgan fingerprint density at radius 3 is 2.70 bits per heavy atom. The van der Waals surface area contributed by atoms with Crippen LogP contribution in [0.1, 0.15) is 23.3 Å². The van der Waals surface area contributed by atoms with Crippen molar-refractivity contribution >= 4 is 39.3 Å². The molecule has 0 bridgehead atoms. The van der Waals surface area contributed by atoms with Crippen molar-refractivity contribution < 1.29 is 9.90 Å². The van der Waals surface area contributed by atoms with Crippen molar-refractivity contribution in [2.75, 3.05) is 23.3 Å². The first-order chi connectivity index (χ1) is 13.1. The minimum atomic E-state index is -0.704. The van der Waals surface area contributed by atoms with Gasteiger partial charge in [-0.25, -0.2) is 4.98 Å². The number of fused-ring (bicyclic) bond motifs is 1. The molecule has 27 heavy (non-hydrogen) atoms. The molecule has 3 aromatic rings. The molecule has 1 fully saturated rings. The molecular formula is C20H22N4O2S. The van der Waals surface area contributed by atoms with Gasteiger partial charge in [-0.05, 0) is 31.4 Å². The molecule has 4 rings (SSSR count). The van der Waals surface area contributed by atoms with Gasteiger partial charge in [-0.2, -0.15) is 4.98 Å². The fourth-order valence-electron chi connectivity index (χ4n) is 3.41. The molecule has 0 spiro atoms. The number of piperidine rings is 1. The van der Waals surface area contributed by atoms with Crippen LogP contribution >= 0.6 is 11.3 Å². The Bertz CT molecular complexity index is 949. The minimum Gasteiger partial charge on any atom is -0.481 e. The molecule has 7 heteroatoms. The van der Waals surface area contributed by atoms with Gasteiger partial charge in [0.2, 0.25) is 5.95 Å². The van der Waals surface area contributed by atoms with E-state index in [1.807, 2.05) is 18.2 Å². The summed E-state index contributed by atoms with van der Waals surface area (Å²) in [7, 11) is 0. The van der Waals surface area contributed by atoms with E-state index in [1.165, 1.54) is 10.4 Å². The highest BCUT2D eigenvalue weighted by molar-refractivity contribution is 7.18. The van der Waals surface area contributed by atoms with Crippen LogP contribution < -0.4 is 10.2 Å². The number of nitrogens with one attached hydrogen (secondary N) is 1. The van der Waals surface area contributed by atoms with Crippen LogP contribution in [0.4, 0.5) is 11.8 Å². The third-order valence-electron chi connectivity index (χ3n) is 4.93. The summed E-state index contributed by atoms with van der Waals surface area (Å²) < 4.78 is 0. The highest BCUT2D eigenvalue weighted by Gasteiger charge is 2.26. The summed E-state index contributed by atoms with van der Waals surface area (Å²) in [5.74, 6) is 0.557. The first-order valence-electron chi connectivity index (χ1n) is 9.14. The van der Waals surface area contributed by atoms with E-state index in [9.17, 15) is 9.90 Å². The van der Waals surface area contributed by atoms with Crippen LogP contribution in [0.15, 0.2) is 36.4 Å². The lowest BCUT2D eigenvalue weighted by atomic mass is 9.97. The van der Waals surface area contributed by atoms with Crippen LogP contribution in [0, 0.1) is 12.8 Å². The Morgan fingerprint density at radius 1 is 1.26 bits per heavy atom. The lowest BCUT2D eigenvalue weighted by molar-refractivity contribution is -0.142. The normalized spacial score (nSPS) is 15.2. The smallest absolute Gasteiger partial charge is 0.306 e. The second kappa shape index (κ2) is 7.52. The number of aliphatic carboxylic acids is 1. The van der Waals surface area contributed by atoms with Crippen molar-refractivity contribution in [3.63, 3.8) is 0 Å². The Kier molecular flexibility index (Phi) is 4.94. The van der Waals surface area contributed by atoms with Crippen molar-refractivity contribution in [3.05, 3.63) is 46.8 Å². The highest BCUT2D eigenvalue weighted by Crippen LogP contribution is 2.32. The summed E-state index contributed by atoms with van der Waals surface area (Å²) in [4.78, 5) is 25.0. The Labute approximate surface area is 161 Å². The van der Waals surface area contributed by atoms with Gasteiger partial charge < -0.3 is 15.3 Å². The van der Waals surface area contributed by atoms with Crippen LogP contribution in [-0.2, 0) is 11.3 Å². The van der Waals surface area contributed by atoms with Crippen molar-refractivity contribution in [1.29, 1.82) is 0 Å². The second-order valence-electron chi connectivity index (χ2n) is 6.89. The first kappa shape index (κ1) is 17.7. The molecule has 1 aliphatic heterocycles. The molecule has 2 N–H and O–H groups in total. The number of aryl methyl sites for hydroxylation is 1. The number of hydrogen-bond acceptors (Lipinski definition) is 6. The Hall–Kier alpha value is -2.67. The predicted octanol–water partition coefficient (Wildman–Crippen LogP) is 3.91. The van der Waals surface area contributed by atoms with E-state index in [4.69, 9.17) is 9.97 Å². The molecular weight excluding hydrogens is 360 g/mol. The molecule has 0 saturated carbocycles. The molecule has 2 aromatic heterocycles. The van der Waals surface area contributed by atoms with Gasteiger partial charge in [-0.3, -0.25) is 4.79 Å². The van der Waals surface area contributed by atoms with Crippen molar-refractivity contribution in [1.82, 2.24) is 9.97 Å². The summed E-state index contributed by atoms with van der Waals surface area (Å²) in [5, 5.41) is 13.7. The molecule has 0 unspecified atom stereocenters. The number of carboxylic acids is 1. The summed E-state index contributed by atoms with van der Waals surface area (Å²) in [6.45, 7) is 4.11. The number of anilines is 2. The number of hydrogen-bond donors (Lipinski definition) is 2. The van der Waals surface area contributed by atoms with E-state index in [0.717, 1.165) is 16.0 Å². The number of rotatable bonds is 5. The second-order valence-corrected chi connectivity index (χ2v) is 8.12. The molecule has 140 valence electrons. The third-order valence-corrected chi connectivity index (χ3v) is 5.88. The van der Waals surface area contributed by atoms with E-state index >= 15 is 0 Å². The minimum absolute atomic E-state index is 0.260. The van der Waals surface area contributed by atoms with Crippen molar-refractivity contribution in [2.45, 2.75) is 26.3 Å². The largest absolute Gasteiger partial charge is 0.481 e. The number of carboxylic acid groups (broad SMARTS) is 1. The maximum Gasteiger partial charge on any atom is 0.306 e. The lowest BCUT2D eigenvalue weighted by Gasteiger charge is -2.30. The van der Waals surface area contributed by atoms with Gasteiger partial charge in [0, 0.05) is 24.5 Å². The quantitative estimate of drug-likeness (QED) is 0.696.